The van der Waals surface area contributed by atoms with E-state index in [1.165, 1.54) is 12.8 Å². The van der Waals surface area contributed by atoms with Gasteiger partial charge < -0.3 is 0 Å². The van der Waals surface area contributed by atoms with Gasteiger partial charge in [-0.05, 0) is 24.7 Å². The second-order valence-electron chi connectivity index (χ2n) is 4.41. The zero-order valence-electron chi connectivity index (χ0n) is 7.29. The molecular weight excluding hydrogens is 292 g/mol. The van der Waals surface area contributed by atoms with Crippen LogP contribution in [0.4, 0.5) is 0 Å². The number of hydrogen-bond acceptors (Lipinski definition) is 0. The molecule has 0 heterocycles. The summed E-state index contributed by atoms with van der Waals surface area (Å²) in [5, 5.41) is 0. The van der Waals surface area contributed by atoms with E-state index in [9.17, 15) is 0 Å². The van der Waals surface area contributed by atoms with E-state index in [1.54, 1.807) is 0 Å². The zero-order chi connectivity index (χ0) is 9.05. The van der Waals surface area contributed by atoms with E-state index < -0.39 is 0 Å². The first kappa shape index (κ1) is 8.72. The molecule has 1 fully saturated rings. The molecule has 2 heteroatoms. The van der Waals surface area contributed by atoms with Crippen LogP contribution in [0.25, 0.3) is 0 Å². The number of rotatable bonds is 0. The van der Waals surface area contributed by atoms with Gasteiger partial charge in [0.1, 0.15) is 0 Å². The molecule has 0 N–H and O–H groups in total. The van der Waals surface area contributed by atoms with Gasteiger partial charge in [0.05, 0.1) is 4.32 Å². The molecule has 0 radical (unpaired) electrons. The highest BCUT2D eigenvalue weighted by Crippen LogP contribution is 2.57. The largest absolute Gasteiger partial charge is 0.0879 e. The first-order valence-corrected chi connectivity index (χ1v) is 6.61. The van der Waals surface area contributed by atoms with Crippen molar-refractivity contribution in [1.82, 2.24) is 0 Å². The third-order valence-corrected chi connectivity index (χ3v) is 6.92. The third-order valence-electron chi connectivity index (χ3n) is 3.83. The maximum atomic E-state index is 3.92. The molecule has 0 aromatic rings. The third kappa shape index (κ3) is 1.02. The fraction of sp³-hybridized carbons (Fsp3) is 0.636. The fourth-order valence-electron chi connectivity index (χ4n) is 3.10. The zero-order valence-corrected chi connectivity index (χ0v) is 10.5. The quantitative estimate of drug-likeness (QED) is 0.473. The van der Waals surface area contributed by atoms with E-state index in [1.807, 2.05) is 0 Å². The second kappa shape index (κ2) is 2.73. The fourth-order valence-corrected chi connectivity index (χ4v) is 4.82. The first-order valence-electron chi connectivity index (χ1n) is 4.91. The van der Waals surface area contributed by atoms with Crippen molar-refractivity contribution in [3.05, 3.63) is 24.3 Å². The van der Waals surface area contributed by atoms with Crippen LogP contribution in [-0.4, -0.2) is 9.15 Å². The lowest BCUT2D eigenvalue weighted by Gasteiger charge is -2.50. The molecule has 0 aromatic heterocycles. The van der Waals surface area contributed by atoms with Crippen molar-refractivity contribution in [2.45, 2.75) is 22.0 Å². The molecule has 5 atom stereocenters. The van der Waals surface area contributed by atoms with E-state index in [2.05, 4.69) is 56.2 Å². The van der Waals surface area contributed by atoms with Crippen LogP contribution < -0.4 is 0 Å². The SMILES string of the molecule is Br[C@H]1C[C@H]2C=C[C@]1(Br)[C@@H]1C=CC[C@H]21. The standard InChI is InChI=1S/C11H12Br2/c12-10-6-7-4-5-11(10,13)9-3-1-2-8(7)9/h1,3-5,7-10H,2,6H2/t7-,8-,9-,10+,11+/m1/s1. The Morgan fingerprint density at radius 1 is 1.31 bits per heavy atom. The highest BCUT2D eigenvalue weighted by molar-refractivity contribution is 9.12. The Balaban J connectivity index is 2.09. The molecule has 0 amide bonds. The van der Waals surface area contributed by atoms with Crippen LogP contribution in [0.2, 0.25) is 0 Å². The van der Waals surface area contributed by atoms with Gasteiger partial charge >= 0.3 is 0 Å². The minimum Gasteiger partial charge on any atom is -0.0879 e. The topological polar surface area (TPSA) is 0 Å². The number of fused-ring (bicyclic) bond motifs is 1. The Labute approximate surface area is 95.7 Å². The number of halogens is 2. The lowest BCUT2D eigenvalue weighted by molar-refractivity contribution is 0.207. The van der Waals surface area contributed by atoms with E-state index >= 15 is 0 Å². The average Bonchev–Trinajstić information content (AvgIpc) is 2.58. The number of hydrogen-bond donors (Lipinski definition) is 0. The molecule has 0 aromatic carbocycles. The van der Waals surface area contributed by atoms with E-state index in [0.717, 1.165) is 17.8 Å². The van der Waals surface area contributed by atoms with Crippen LogP contribution in [0.1, 0.15) is 12.8 Å². The smallest absolute Gasteiger partial charge is 0.0627 e. The van der Waals surface area contributed by atoms with E-state index in [0.29, 0.717) is 4.83 Å². The summed E-state index contributed by atoms with van der Waals surface area (Å²) in [5.41, 5.74) is 0. The maximum absolute atomic E-state index is 3.92. The Morgan fingerprint density at radius 3 is 2.92 bits per heavy atom. The Kier molecular flexibility index (Phi) is 1.83. The summed E-state index contributed by atoms with van der Waals surface area (Å²) in [6, 6.07) is 0. The summed E-state index contributed by atoms with van der Waals surface area (Å²) in [5.74, 6) is 2.41. The van der Waals surface area contributed by atoms with Crippen LogP contribution in [0.5, 0.6) is 0 Å². The van der Waals surface area contributed by atoms with Crippen LogP contribution in [0, 0.1) is 17.8 Å². The monoisotopic (exact) mass is 302 g/mol. The molecule has 0 aliphatic heterocycles. The van der Waals surface area contributed by atoms with E-state index in [4.69, 9.17) is 0 Å². The molecule has 70 valence electrons. The molecule has 4 aliphatic rings. The highest BCUT2D eigenvalue weighted by atomic mass is 79.9. The summed E-state index contributed by atoms with van der Waals surface area (Å²) in [6.45, 7) is 0. The summed E-state index contributed by atoms with van der Waals surface area (Å²) in [6.07, 6.45) is 12.1. The summed E-state index contributed by atoms with van der Waals surface area (Å²) in [7, 11) is 0. The van der Waals surface area contributed by atoms with Gasteiger partial charge in [-0.25, -0.2) is 0 Å². The van der Waals surface area contributed by atoms with Crippen LogP contribution in [-0.2, 0) is 0 Å². The minimum absolute atomic E-state index is 0.208. The summed E-state index contributed by atoms with van der Waals surface area (Å²) in [4.78, 5) is 0.610. The molecule has 1 saturated carbocycles. The lowest BCUT2D eigenvalue weighted by atomic mass is 9.63. The van der Waals surface area contributed by atoms with Crippen LogP contribution in [0.3, 0.4) is 0 Å². The molecule has 2 bridgehead atoms. The summed E-state index contributed by atoms with van der Waals surface area (Å²) >= 11 is 7.73. The Bertz CT molecular complexity index is 294. The van der Waals surface area contributed by atoms with Gasteiger partial charge in [-0.2, -0.15) is 0 Å². The number of allylic oxidation sites excluding steroid dienone is 4. The van der Waals surface area contributed by atoms with Crippen molar-refractivity contribution in [3.8, 4) is 0 Å². The van der Waals surface area contributed by atoms with Gasteiger partial charge in [-0.1, -0.05) is 56.2 Å². The molecule has 13 heavy (non-hydrogen) atoms. The average molecular weight is 304 g/mol. The van der Waals surface area contributed by atoms with Gasteiger partial charge in [0.25, 0.3) is 0 Å². The maximum Gasteiger partial charge on any atom is 0.0627 e. The van der Waals surface area contributed by atoms with Crippen molar-refractivity contribution < 1.29 is 0 Å². The predicted molar refractivity (Wildman–Crippen MR) is 62.4 cm³/mol. The Hall–Kier alpha value is 0.440. The molecule has 0 spiro atoms. The van der Waals surface area contributed by atoms with Crippen molar-refractivity contribution in [1.29, 1.82) is 0 Å². The predicted octanol–water partition coefficient (Wildman–Crippen LogP) is 3.67. The van der Waals surface area contributed by atoms with Gasteiger partial charge in [0.2, 0.25) is 0 Å². The second-order valence-corrected chi connectivity index (χ2v) is 6.89. The first-order chi connectivity index (χ1) is 6.22. The highest BCUT2D eigenvalue weighted by Gasteiger charge is 2.53. The number of alkyl halides is 2. The Morgan fingerprint density at radius 2 is 2.15 bits per heavy atom. The van der Waals surface area contributed by atoms with Crippen LogP contribution in [0.15, 0.2) is 24.3 Å². The van der Waals surface area contributed by atoms with Gasteiger partial charge in [-0.15, -0.1) is 0 Å². The summed E-state index contributed by atoms with van der Waals surface area (Å²) < 4.78 is 0.208. The van der Waals surface area contributed by atoms with Crippen molar-refractivity contribution in [2.75, 3.05) is 0 Å². The molecule has 0 unspecified atom stereocenters. The van der Waals surface area contributed by atoms with Gasteiger partial charge in [0.15, 0.2) is 0 Å². The van der Waals surface area contributed by atoms with Crippen molar-refractivity contribution in [2.24, 2.45) is 17.8 Å². The normalized spacial score (nSPS) is 57.1. The van der Waals surface area contributed by atoms with Crippen molar-refractivity contribution in [3.63, 3.8) is 0 Å². The molecule has 4 aliphatic carbocycles. The molecule has 4 rings (SSSR count). The van der Waals surface area contributed by atoms with Gasteiger partial charge in [-0.3, -0.25) is 0 Å². The van der Waals surface area contributed by atoms with Gasteiger partial charge in [0, 0.05) is 10.7 Å². The molecule has 0 saturated heterocycles. The minimum atomic E-state index is 0.208. The molecule has 0 nitrogen and oxygen atoms in total. The lowest BCUT2D eigenvalue weighted by Crippen LogP contribution is -2.50. The van der Waals surface area contributed by atoms with E-state index in [-0.39, 0.29) is 4.32 Å². The molecular formula is C11H12Br2. The van der Waals surface area contributed by atoms with Crippen LogP contribution >= 0.6 is 31.9 Å². The van der Waals surface area contributed by atoms with Crippen molar-refractivity contribution >= 4 is 31.9 Å².